The van der Waals surface area contributed by atoms with Gasteiger partial charge in [-0.25, -0.2) is 4.79 Å². The minimum Gasteiger partial charge on any atom is -0.452 e. The molecule has 1 aliphatic heterocycles. The molecule has 2 aromatic carbocycles. The van der Waals surface area contributed by atoms with Gasteiger partial charge in [0, 0.05) is 35.6 Å². The number of ether oxygens (including phenoxy) is 1. The van der Waals surface area contributed by atoms with Crippen LogP contribution in [-0.2, 0) is 14.3 Å². The van der Waals surface area contributed by atoms with Gasteiger partial charge in [-0.3, -0.25) is 9.59 Å². The predicted molar refractivity (Wildman–Crippen MR) is 121 cm³/mol. The number of nitrogens with zero attached hydrogens (tertiary/aromatic N) is 1. The van der Waals surface area contributed by atoms with Gasteiger partial charge in [0.25, 0.3) is 5.91 Å². The van der Waals surface area contributed by atoms with Gasteiger partial charge in [-0.2, -0.15) is 0 Å². The van der Waals surface area contributed by atoms with Gasteiger partial charge >= 0.3 is 5.97 Å². The number of esters is 1. The van der Waals surface area contributed by atoms with E-state index in [2.05, 4.69) is 15.5 Å². The van der Waals surface area contributed by atoms with Crippen LogP contribution in [0.5, 0.6) is 0 Å². The van der Waals surface area contributed by atoms with Crippen LogP contribution < -0.4 is 15.5 Å². The predicted octanol–water partition coefficient (Wildman–Crippen LogP) is 4.07. The van der Waals surface area contributed by atoms with Crippen molar-refractivity contribution >= 4 is 34.8 Å². The van der Waals surface area contributed by atoms with Crippen LogP contribution in [0.3, 0.4) is 0 Å². The second-order valence-electron chi connectivity index (χ2n) is 8.65. The molecule has 0 saturated carbocycles. The lowest BCUT2D eigenvalue weighted by Crippen LogP contribution is -2.27. The zero-order chi connectivity index (χ0) is 22.4. The molecule has 7 nitrogen and oxygen atoms in total. The number of amides is 2. The first-order valence-corrected chi connectivity index (χ1v) is 10.5. The van der Waals surface area contributed by atoms with Crippen molar-refractivity contribution in [1.82, 2.24) is 0 Å². The molecule has 2 N–H and O–H groups in total. The highest BCUT2D eigenvalue weighted by molar-refractivity contribution is 5.98. The Hall–Kier alpha value is -3.35. The summed E-state index contributed by atoms with van der Waals surface area (Å²) in [4.78, 5) is 38.9. The van der Waals surface area contributed by atoms with Gasteiger partial charge in [0.2, 0.25) is 5.91 Å². The van der Waals surface area contributed by atoms with Crippen molar-refractivity contribution in [2.24, 2.45) is 5.41 Å². The number of hydrogen-bond donors (Lipinski definition) is 2. The minimum absolute atomic E-state index is 0.159. The van der Waals surface area contributed by atoms with E-state index in [4.69, 9.17) is 4.74 Å². The van der Waals surface area contributed by atoms with Crippen LogP contribution in [0.1, 0.15) is 44.0 Å². The van der Waals surface area contributed by atoms with Crippen molar-refractivity contribution in [3.05, 3.63) is 54.1 Å². The molecule has 0 atom stereocenters. The lowest BCUT2D eigenvalue weighted by molar-refractivity contribution is -0.123. The molecule has 7 heteroatoms. The van der Waals surface area contributed by atoms with Crippen molar-refractivity contribution in [3.8, 4) is 0 Å². The van der Waals surface area contributed by atoms with E-state index in [1.807, 2.05) is 24.3 Å². The van der Waals surface area contributed by atoms with E-state index in [0.29, 0.717) is 11.4 Å². The van der Waals surface area contributed by atoms with Gasteiger partial charge in [-0.05, 0) is 55.3 Å². The Kier molecular flexibility index (Phi) is 6.95. The molecule has 31 heavy (non-hydrogen) atoms. The molecule has 0 aliphatic carbocycles. The maximum atomic E-state index is 12.3. The highest BCUT2D eigenvalue weighted by Crippen LogP contribution is 2.22. The molecule has 1 aliphatic rings. The number of rotatable bonds is 6. The fourth-order valence-corrected chi connectivity index (χ4v) is 3.18. The fraction of sp³-hybridized carbons (Fsp3) is 0.375. The zero-order valence-electron chi connectivity index (χ0n) is 18.2. The van der Waals surface area contributed by atoms with Gasteiger partial charge < -0.3 is 20.3 Å². The van der Waals surface area contributed by atoms with Gasteiger partial charge in [-0.1, -0.05) is 26.8 Å². The molecule has 1 saturated heterocycles. The van der Waals surface area contributed by atoms with Crippen molar-refractivity contribution in [3.63, 3.8) is 0 Å². The molecule has 2 aromatic rings. The summed E-state index contributed by atoms with van der Waals surface area (Å²) in [5.41, 5.74) is 1.99. The first-order chi connectivity index (χ1) is 14.7. The topological polar surface area (TPSA) is 87.7 Å². The molecule has 2 amide bonds. The molecule has 1 heterocycles. The smallest absolute Gasteiger partial charge is 0.338 e. The quantitative estimate of drug-likeness (QED) is 0.684. The summed E-state index contributed by atoms with van der Waals surface area (Å²) in [6.07, 6.45) is 2.41. The summed E-state index contributed by atoms with van der Waals surface area (Å²) >= 11 is 0. The van der Waals surface area contributed by atoms with Crippen molar-refractivity contribution < 1.29 is 19.1 Å². The van der Waals surface area contributed by atoms with Crippen LogP contribution in [-0.4, -0.2) is 37.5 Å². The molecule has 3 rings (SSSR count). The molecule has 0 aromatic heterocycles. The van der Waals surface area contributed by atoms with E-state index in [-0.39, 0.29) is 11.5 Å². The third-order valence-corrected chi connectivity index (χ3v) is 4.99. The van der Waals surface area contributed by atoms with Gasteiger partial charge in [0.05, 0.1) is 5.56 Å². The second kappa shape index (κ2) is 9.64. The standard InChI is InChI=1S/C24H29N3O4/c1-24(2,3)23(30)26-19-8-6-7-17(15-19)22(29)31-16-21(28)25-18-9-11-20(12-10-18)27-13-4-5-14-27/h6-12,15H,4-5,13-14,16H2,1-3H3,(H,25,28)(H,26,30). The summed E-state index contributed by atoms with van der Waals surface area (Å²) < 4.78 is 5.12. The van der Waals surface area contributed by atoms with E-state index in [0.717, 1.165) is 18.8 Å². The SMILES string of the molecule is CC(C)(C)C(=O)Nc1cccc(C(=O)OCC(=O)Nc2ccc(N3CCCC3)cc2)c1. The Balaban J connectivity index is 1.50. The lowest BCUT2D eigenvalue weighted by Gasteiger charge is -2.18. The summed E-state index contributed by atoms with van der Waals surface area (Å²) in [7, 11) is 0. The molecule has 1 fully saturated rings. The molecule has 164 valence electrons. The highest BCUT2D eigenvalue weighted by atomic mass is 16.5. The van der Waals surface area contributed by atoms with Crippen LogP contribution in [0.2, 0.25) is 0 Å². The van der Waals surface area contributed by atoms with Crippen LogP contribution in [0, 0.1) is 5.41 Å². The molecular formula is C24H29N3O4. The van der Waals surface area contributed by atoms with Crippen LogP contribution >= 0.6 is 0 Å². The minimum atomic E-state index is -0.633. The Morgan fingerprint density at radius 2 is 1.61 bits per heavy atom. The zero-order valence-corrected chi connectivity index (χ0v) is 18.2. The number of carbonyl (C=O) groups excluding carboxylic acids is 3. The maximum absolute atomic E-state index is 12.3. The van der Waals surface area contributed by atoms with Crippen LogP contribution in [0.4, 0.5) is 17.1 Å². The fourth-order valence-electron chi connectivity index (χ4n) is 3.18. The van der Waals surface area contributed by atoms with E-state index in [1.54, 1.807) is 39.0 Å². The first kappa shape index (κ1) is 22.3. The summed E-state index contributed by atoms with van der Waals surface area (Å²) in [6, 6.07) is 14.1. The number of nitrogens with one attached hydrogen (secondary N) is 2. The third-order valence-electron chi connectivity index (χ3n) is 4.99. The highest BCUT2D eigenvalue weighted by Gasteiger charge is 2.21. The Labute approximate surface area is 182 Å². The van der Waals surface area contributed by atoms with E-state index in [1.165, 1.54) is 18.9 Å². The Morgan fingerprint density at radius 3 is 2.26 bits per heavy atom. The van der Waals surface area contributed by atoms with Crippen molar-refractivity contribution in [1.29, 1.82) is 0 Å². The van der Waals surface area contributed by atoms with E-state index in [9.17, 15) is 14.4 Å². The number of benzene rings is 2. The summed E-state index contributed by atoms with van der Waals surface area (Å²) in [5, 5.41) is 5.50. The molecule has 0 unspecified atom stereocenters. The average molecular weight is 424 g/mol. The summed E-state index contributed by atoms with van der Waals surface area (Å²) in [5.74, 6) is -1.21. The van der Waals surface area contributed by atoms with Crippen molar-refractivity contribution in [2.75, 3.05) is 35.2 Å². The normalized spacial score (nSPS) is 13.6. The van der Waals surface area contributed by atoms with Crippen molar-refractivity contribution in [2.45, 2.75) is 33.6 Å². The number of hydrogen-bond acceptors (Lipinski definition) is 5. The Morgan fingerprint density at radius 1 is 0.935 bits per heavy atom. The number of anilines is 3. The summed E-state index contributed by atoms with van der Waals surface area (Å²) in [6.45, 7) is 7.13. The Bertz CT molecular complexity index is 942. The maximum Gasteiger partial charge on any atom is 0.338 e. The van der Waals surface area contributed by atoms with Crippen LogP contribution in [0.15, 0.2) is 48.5 Å². The van der Waals surface area contributed by atoms with Gasteiger partial charge in [0.15, 0.2) is 6.61 Å². The van der Waals surface area contributed by atoms with Crippen LogP contribution in [0.25, 0.3) is 0 Å². The molecule has 0 radical (unpaired) electrons. The monoisotopic (exact) mass is 423 g/mol. The lowest BCUT2D eigenvalue weighted by atomic mass is 9.95. The second-order valence-corrected chi connectivity index (χ2v) is 8.65. The molecular weight excluding hydrogens is 394 g/mol. The number of carbonyl (C=O) groups is 3. The van der Waals surface area contributed by atoms with E-state index >= 15 is 0 Å². The van der Waals surface area contributed by atoms with E-state index < -0.39 is 23.9 Å². The van der Waals surface area contributed by atoms with Gasteiger partial charge in [0.1, 0.15) is 0 Å². The third kappa shape index (κ3) is 6.31. The largest absolute Gasteiger partial charge is 0.452 e. The first-order valence-electron chi connectivity index (χ1n) is 10.5. The van der Waals surface area contributed by atoms with Gasteiger partial charge in [-0.15, -0.1) is 0 Å². The average Bonchev–Trinajstić information content (AvgIpc) is 3.27. The molecule has 0 spiro atoms. The molecule has 0 bridgehead atoms.